The zero-order valence-electron chi connectivity index (χ0n) is 17.5. The van der Waals surface area contributed by atoms with Gasteiger partial charge in [-0.25, -0.2) is 4.98 Å². The fourth-order valence-corrected chi connectivity index (χ4v) is 3.52. The maximum absolute atomic E-state index is 12.3. The molecule has 2 aromatic rings. The number of carbonyl (C=O) groups is 2. The Morgan fingerprint density at radius 3 is 2.55 bits per heavy atom. The van der Waals surface area contributed by atoms with E-state index in [9.17, 15) is 9.59 Å². The Labute approximate surface area is 172 Å². The van der Waals surface area contributed by atoms with Gasteiger partial charge in [0.05, 0.1) is 12.1 Å². The number of hydrogen-bond acceptors (Lipinski definition) is 5. The lowest BCUT2D eigenvalue weighted by atomic mass is 10.1. The molecule has 0 bridgehead atoms. The molecule has 1 fully saturated rings. The molecule has 2 amide bonds. The van der Waals surface area contributed by atoms with E-state index < -0.39 is 0 Å². The average molecular weight is 399 g/mol. The molecule has 0 saturated carbocycles. The van der Waals surface area contributed by atoms with Crippen molar-refractivity contribution < 1.29 is 14.0 Å². The summed E-state index contributed by atoms with van der Waals surface area (Å²) >= 11 is 0. The summed E-state index contributed by atoms with van der Waals surface area (Å²) in [4.78, 5) is 33.3. The van der Waals surface area contributed by atoms with Crippen molar-refractivity contribution in [2.24, 2.45) is 0 Å². The van der Waals surface area contributed by atoms with Gasteiger partial charge in [-0.1, -0.05) is 25.1 Å². The van der Waals surface area contributed by atoms with Crippen molar-refractivity contribution in [1.29, 1.82) is 0 Å². The Morgan fingerprint density at radius 2 is 1.86 bits per heavy atom. The molecule has 156 valence electrons. The molecule has 0 radical (unpaired) electrons. The predicted octanol–water partition coefficient (Wildman–Crippen LogP) is 2.17. The number of aromatic nitrogens is 1. The maximum atomic E-state index is 12.3. The van der Waals surface area contributed by atoms with Crippen LogP contribution in [0.5, 0.6) is 0 Å². The fraction of sp³-hybridized carbons (Fsp3) is 0.500. The van der Waals surface area contributed by atoms with E-state index >= 15 is 0 Å². The van der Waals surface area contributed by atoms with Crippen LogP contribution >= 0.6 is 0 Å². The molecule has 0 aliphatic carbocycles. The standard InChI is InChI=1S/C22H30N4O3/c1-4-25-11-13-26(14-12-25)21(28)9-10-23-20(27)15-19-17(3)29-22(24-19)18-8-6-5-7-16(18)2/h5-8H,4,9-15H2,1-3H3,(H,23,27). The third kappa shape index (κ3) is 5.44. The van der Waals surface area contributed by atoms with Gasteiger partial charge in [-0.2, -0.15) is 0 Å². The number of likely N-dealkylation sites (N-methyl/N-ethyl adjacent to an activating group) is 1. The predicted molar refractivity (Wildman–Crippen MR) is 111 cm³/mol. The van der Waals surface area contributed by atoms with Gasteiger partial charge in [-0.15, -0.1) is 0 Å². The molecule has 2 heterocycles. The Bertz CT molecular complexity index is 853. The van der Waals surface area contributed by atoms with E-state index in [-0.39, 0.29) is 18.2 Å². The van der Waals surface area contributed by atoms with E-state index in [1.54, 1.807) is 0 Å². The van der Waals surface area contributed by atoms with Gasteiger partial charge < -0.3 is 19.5 Å². The minimum Gasteiger partial charge on any atom is -0.441 e. The summed E-state index contributed by atoms with van der Waals surface area (Å²) in [6, 6.07) is 7.86. The molecule has 1 N–H and O–H groups in total. The number of piperazine rings is 1. The molecule has 1 aliphatic heterocycles. The maximum Gasteiger partial charge on any atom is 0.226 e. The van der Waals surface area contributed by atoms with Gasteiger partial charge in [0.15, 0.2) is 0 Å². The van der Waals surface area contributed by atoms with Crippen molar-refractivity contribution in [3.63, 3.8) is 0 Å². The van der Waals surface area contributed by atoms with E-state index in [0.717, 1.165) is 43.9 Å². The van der Waals surface area contributed by atoms with Gasteiger partial charge in [-0.05, 0) is 32.0 Å². The van der Waals surface area contributed by atoms with Crippen LogP contribution < -0.4 is 5.32 Å². The number of carbonyl (C=O) groups excluding carboxylic acids is 2. The van der Waals surface area contributed by atoms with Crippen LogP contribution in [0.4, 0.5) is 0 Å². The van der Waals surface area contributed by atoms with Gasteiger partial charge in [0, 0.05) is 44.7 Å². The van der Waals surface area contributed by atoms with E-state index in [4.69, 9.17) is 4.42 Å². The molecule has 0 atom stereocenters. The van der Waals surface area contributed by atoms with Crippen LogP contribution in [0.1, 0.15) is 30.4 Å². The average Bonchev–Trinajstić information content (AvgIpc) is 3.08. The van der Waals surface area contributed by atoms with Crippen LogP contribution in [0.2, 0.25) is 0 Å². The van der Waals surface area contributed by atoms with Gasteiger partial charge >= 0.3 is 0 Å². The minimum absolute atomic E-state index is 0.0977. The zero-order valence-corrected chi connectivity index (χ0v) is 17.5. The molecule has 3 rings (SSSR count). The molecular formula is C22H30N4O3. The minimum atomic E-state index is -0.152. The molecule has 29 heavy (non-hydrogen) atoms. The third-order valence-electron chi connectivity index (χ3n) is 5.43. The van der Waals surface area contributed by atoms with Crippen molar-refractivity contribution in [3.05, 3.63) is 41.3 Å². The number of nitrogens with zero attached hydrogens (tertiary/aromatic N) is 3. The van der Waals surface area contributed by atoms with Crippen molar-refractivity contribution in [3.8, 4) is 11.5 Å². The Hall–Kier alpha value is -2.67. The van der Waals surface area contributed by atoms with Crippen LogP contribution in [0, 0.1) is 13.8 Å². The van der Waals surface area contributed by atoms with Gasteiger partial charge in [0.1, 0.15) is 5.76 Å². The Kier molecular flexibility index (Phi) is 7.04. The summed E-state index contributed by atoms with van der Waals surface area (Å²) in [5, 5.41) is 2.83. The lowest BCUT2D eigenvalue weighted by molar-refractivity contribution is -0.132. The highest BCUT2D eigenvalue weighted by Gasteiger charge is 2.20. The van der Waals surface area contributed by atoms with Crippen molar-refractivity contribution >= 4 is 11.8 Å². The van der Waals surface area contributed by atoms with E-state index in [2.05, 4.69) is 22.1 Å². The zero-order chi connectivity index (χ0) is 20.8. The van der Waals surface area contributed by atoms with Crippen molar-refractivity contribution in [1.82, 2.24) is 20.1 Å². The summed E-state index contributed by atoms with van der Waals surface area (Å²) in [5.74, 6) is 1.12. The van der Waals surface area contributed by atoms with E-state index in [1.165, 1.54) is 0 Å². The van der Waals surface area contributed by atoms with Gasteiger partial charge in [0.2, 0.25) is 17.7 Å². The Balaban J connectivity index is 1.46. The number of hydrogen-bond donors (Lipinski definition) is 1. The summed E-state index contributed by atoms with van der Waals surface area (Å²) in [6.45, 7) is 10.7. The molecule has 1 aliphatic rings. The highest BCUT2D eigenvalue weighted by atomic mass is 16.4. The second kappa shape index (κ2) is 9.69. The van der Waals surface area contributed by atoms with Gasteiger partial charge in [0.25, 0.3) is 0 Å². The fourth-order valence-electron chi connectivity index (χ4n) is 3.52. The molecule has 1 aromatic heterocycles. The number of benzene rings is 1. The first-order chi connectivity index (χ1) is 14.0. The van der Waals surface area contributed by atoms with Crippen molar-refractivity contribution in [2.45, 2.75) is 33.6 Å². The van der Waals surface area contributed by atoms with Crippen LogP contribution in [0.3, 0.4) is 0 Å². The van der Waals surface area contributed by atoms with Crippen LogP contribution in [0.15, 0.2) is 28.7 Å². The highest BCUT2D eigenvalue weighted by molar-refractivity contribution is 5.80. The first kappa shape index (κ1) is 21.0. The van der Waals surface area contributed by atoms with E-state index in [0.29, 0.717) is 30.3 Å². The quantitative estimate of drug-likeness (QED) is 0.773. The number of nitrogens with one attached hydrogen (secondary N) is 1. The number of oxazole rings is 1. The first-order valence-corrected chi connectivity index (χ1v) is 10.3. The summed E-state index contributed by atoms with van der Waals surface area (Å²) in [5.41, 5.74) is 2.63. The monoisotopic (exact) mass is 398 g/mol. The number of rotatable bonds is 7. The summed E-state index contributed by atoms with van der Waals surface area (Å²) < 4.78 is 5.77. The van der Waals surface area contributed by atoms with E-state index in [1.807, 2.05) is 43.0 Å². The lowest BCUT2D eigenvalue weighted by Gasteiger charge is -2.34. The molecule has 1 aromatic carbocycles. The van der Waals surface area contributed by atoms with Gasteiger partial charge in [-0.3, -0.25) is 9.59 Å². The van der Waals surface area contributed by atoms with Crippen LogP contribution in [0.25, 0.3) is 11.5 Å². The highest BCUT2D eigenvalue weighted by Crippen LogP contribution is 2.24. The number of amides is 2. The van der Waals surface area contributed by atoms with Crippen LogP contribution in [-0.4, -0.2) is 65.9 Å². The topological polar surface area (TPSA) is 78.7 Å². The normalized spacial score (nSPS) is 14.8. The molecule has 7 heteroatoms. The molecule has 0 unspecified atom stereocenters. The van der Waals surface area contributed by atoms with Crippen molar-refractivity contribution in [2.75, 3.05) is 39.3 Å². The summed E-state index contributed by atoms with van der Waals surface area (Å²) in [7, 11) is 0. The molecule has 0 spiro atoms. The SMILES string of the molecule is CCN1CCN(C(=O)CCNC(=O)Cc2nc(-c3ccccc3C)oc2C)CC1. The second-order valence-corrected chi connectivity index (χ2v) is 7.43. The number of aryl methyl sites for hydroxylation is 2. The Morgan fingerprint density at radius 1 is 1.14 bits per heavy atom. The smallest absolute Gasteiger partial charge is 0.226 e. The first-order valence-electron chi connectivity index (χ1n) is 10.3. The summed E-state index contributed by atoms with van der Waals surface area (Å²) in [6.07, 6.45) is 0.467. The molecule has 7 nitrogen and oxygen atoms in total. The lowest BCUT2D eigenvalue weighted by Crippen LogP contribution is -2.49. The largest absolute Gasteiger partial charge is 0.441 e. The van der Waals surface area contributed by atoms with Crippen LogP contribution in [-0.2, 0) is 16.0 Å². The third-order valence-corrected chi connectivity index (χ3v) is 5.43. The molecular weight excluding hydrogens is 368 g/mol. The second-order valence-electron chi connectivity index (χ2n) is 7.43. The molecule has 1 saturated heterocycles.